The highest BCUT2D eigenvalue weighted by Gasteiger charge is 2.20. The molecule has 114 valence electrons. The van der Waals surface area contributed by atoms with E-state index in [9.17, 15) is 0 Å². The molecule has 22 heavy (non-hydrogen) atoms. The Bertz CT molecular complexity index is 634. The number of benzene rings is 2. The van der Waals surface area contributed by atoms with E-state index in [2.05, 4.69) is 56.0 Å². The van der Waals surface area contributed by atoms with Crippen molar-refractivity contribution >= 4 is 6.08 Å². The number of hydrogen-bond acceptors (Lipinski definition) is 0. The van der Waals surface area contributed by atoms with Gasteiger partial charge in [0.15, 0.2) is 0 Å². The maximum Gasteiger partial charge on any atom is -0.0118 e. The van der Waals surface area contributed by atoms with Crippen LogP contribution in [0.2, 0.25) is 0 Å². The van der Waals surface area contributed by atoms with Crippen molar-refractivity contribution in [3.8, 4) is 0 Å². The molecule has 1 atom stereocenters. The number of rotatable bonds is 5. The predicted molar refractivity (Wildman–Crippen MR) is 96.4 cm³/mol. The lowest BCUT2D eigenvalue weighted by molar-refractivity contribution is 0.584. The van der Waals surface area contributed by atoms with Crippen LogP contribution < -0.4 is 0 Å². The number of fused-ring (bicyclic) bond motifs is 1. The largest absolute Gasteiger partial charge is 0.0985 e. The minimum absolute atomic E-state index is 0.674. The molecule has 0 N–H and O–H groups in total. The van der Waals surface area contributed by atoms with E-state index in [4.69, 9.17) is 0 Å². The summed E-state index contributed by atoms with van der Waals surface area (Å²) in [5.41, 5.74) is 7.36. The Morgan fingerprint density at radius 2 is 1.91 bits per heavy atom. The summed E-state index contributed by atoms with van der Waals surface area (Å²) in [6.45, 7) is 6.10. The third-order valence-electron chi connectivity index (χ3n) is 4.96. The van der Waals surface area contributed by atoms with Gasteiger partial charge in [-0.2, -0.15) is 0 Å². The summed E-state index contributed by atoms with van der Waals surface area (Å²) >= 11 is 0. The van der Waals surface area contributed by atoms with E-state index in [-0.39, 0.29) is 0 Å². The maximum atomic E-state index is 3.83. The van der Waals surface area contributed by atoms with Crippen molar-refractivity contribution in [3.05, 3.63) is 76.9 Å². The molecule has 0 spiro atoms. The van der Waals surface area contributed by atoms with Gasteiger partial charge in [0.25, 0.3) is 0 Å². The van der Waals surface area contributed by atoms with Crippen LogP contribution in [0.5, 0.6) is 0 Å². The van der Waals surface area contributed by atoms with Crippen LogP contribution in [0.3, 0.4) is 0 Å². The fraction of sp³-hybridized carbons (Fsp3) is 0.364. The Morgan fingerprint density at radius 3 is 2.64 bits per heavy atom. The lowest BCUT2D eigenvalue weighted by Gasteiger charge is -2.25. The van der Waals surface area contributed by atoms with Crippen molar-refractivity contribution in [3.63, 3.8) is 0 Å². The Labute approximate surface area is 134 Å². The van der Waals surface area contributed by atoms with Gasteiger partial charge in [-0.25, -0.2) is 0 Å². The first-order valence-electron chi connectivity index (χ1n) is 8.63. The molecule has 3 rings (SSSR count). The zero-order chi connectivity index (χ0) is 15.4. The monoisotopic (exact) mass is 290 g/mol. The van der Waals surface area contributed by atoms with Crippen LogP contribution in [0, 0.1) is 0 Å². The van der Waals surface area contributed by atoms with Gasteiger partial charge in [-0.05, 0) is 65.8 Å². The second-order valence-corrected chi connectivity index (χ2v) is 6.52. The fourth-order valence-corrected chi connectivity index (χ4v) is 3.53. The van der Waals surface area contributed by atoms with Crippen LogP contribution in [-0.4, -0.2) is 0 Å². The van der Waals surface area contributed by atoms with Crippen LogP contribution in [0.25, 0.3) is 6.08 Å². The van der Waals surface area contributed by atoms with Gasteiger partial charge in [0.2, 0.25) is 0 Å². The summed E-state index contributed by atoms with van der Waals surface area (Å²) in [5, 5.41) is 0. The minimum atomic E-state index is 0.674. The summed E-state index contributed by atoms with van der Waals surface area (Å²) in [7, 11) is 0. The fourth-order valence-electron chi connectivity index (χ4n) is 3.53. The van der Waals surface area contributed by atoms with Crippen LogP contribution in [0.15, 0.2) is 49.0 Å². The summed E-state index contributed by atoms with van der Waals surface area (Å²) < 4.78 is 0. The van der Waals surface area contributed by atoms with Gasteiger partial charge in [-0.3, -0.25) is 0 Å². The molecule has 1 unspecified atom stereocenters. The third-order valence-corrected chi connectivity index (χ3v) is 4.96. The molecule has 2 aromatic rings. The van der Waals surface area contributed by atoms with E-state index in [0.717, 1.165) is 0 Å². The summed E-state index contributed by atoms with van der Waals surface area (Å²) in [6.07, 6.45) is 9.42. The molecule has 0 saturated carbocycles. The molecule has 0 aromatic heterocycles. The van der Waals surface area contributed by atoms with Crippen LogP contribution in [-0.2, 0) is 19.3 Å². The molecular formula is C22H26. The number of hydrogen-bond donors (Lipinski definition) is 0. The van der Waals surface area contributed by atoms with Crippen molar-refractivity contribution in [2.24, 2.45) is 0 Å². The molecule has 0 amide bonds. The third kappa shape index (κ3) is 3.32. The molecule has 0 heteroatoms. The van der Waals surface area contributed by atoms with Crippen LogP contribution >= 0.6 is 0 Å². The molecule has 1 aliphatic rings. The lowest BCUT2D eigenvalue weighted by Crippen LogP contribution is -2.13. The topological polar surface area (TPSA) is 0 Å². The first-order chi connectivity index (χ1) is 10.8. The van der Waals surface area contributed by atoms with Gasteiger partial charge >= 0.3 is 0 Å². The zero-order valence-electron chi connectivity index (χ0n) is 13.6. The Kier molecular flexibility index (Phi) is 4.77. The average molecular weight is 290 g/mol. The molecule has 0 radical (unpaired) electrons. The number of unbranched alkanes of at least 4 members (excludes halogenated alkanes) is 1. The van der Waals surface area contributed by atoms with E-state index < -0.39 is 0 Å². The Hall–Kier alpha value is -1.82. The van der Waals surface area contributed by atoms with Gasteiger partial charge in [0.05, 0.1) is 0 Å². The Morgan fingerprint density at radius 1 is 1.09 bits per heavy atom. The molecule has 1 aliphatic carbocycles. The number of aryl methyl sites for hydroxylation is 2. The van der Waals surface area contributed by atoms with Crippen LogP contribution in [0.1, 0.15) is 59.9 Å². The highest BCUT2D eigenvalue weighted by atomic mass is 14.2. The standard InChI is InChI=1S/C22H26/c1-3-5-6-18-9-12-22-16-21(14-13-20(22)15-18)19-10-7-17(4-2)8-11-19/h4,7-12,15,21H,2-3,5-6,13-14,16H2,1H3. The molecule has 0 saturated heterocycles. The summed E-state index contributed by atoms with van der Waals surface area (Å²) in [6, 6.07) is 16.1. The van der Waals surface area contributed by atoms with E-state index in [1.807, 2.05) is 6.08 Å². The van der Waals surface area contributed by atoms with E-state index in [1.54, 1.807) is 11.1 Å². The first-order valence-corrected chi connectivity index (χ1v) is 8.63. The smallest absolute Gasteiger partial charge is 0.0118 e. The zero-order valence-corrected chi connectivity index (χ0v) is 13.6. The van der Waals surface area contributed by atoms with Gasteiger partial charge in [-0.1, -0.05) is 68.5 Å². The molecule has 0 aliphatic heterocycles. The molecular weight excluding hydrogens is 264 g/mol. The lowest BCUT2D eigenvalue weighted by atomic mass is 9.79. The maximum absolute atomic E-state index is 3.83. The molecule has 0 bridgehead atoms. The van der Waals surface area contributed by atoms with Gasteiger partial charge in [0.1, 0.15) is 0 Å². The van der Waals surface area contributed by atoms with Gasteiger partial charge in [-0.15, -0.1) is 0 Å². The van der Waals surface area contributed by atoms with E-state index in [0.29, 0.717) is 5.92 Å². The van der Waals surface area contributed by atoms with Crippen molar-refractivity contribution in [2.75, 3.05) is 0 Å². The Balaban J connectivity index is 1.74. The summed E-state index contributed by atoms with van der Waals surface area (Å²) in [4.78, 5) is 0. The van der Waals surface area contributed by atoms with Crippen molar-refractivity contribution in [2.45, 2.75) is 51.4 Å². The van der Waals surface area contributed by atoms with E-state index >= 15 is 0 Å². The highest BCUT2D eigenvalue weighted by molar-refractivity contribution is 5.48. The second-order valence-electron chi connectivity index (χ2n) is 6.52. The van der Waals surface area contributed by atoms with Crippen molar-refractivity contribution < 1.29 is 0 Å². The molecule has 0 heterocycles. The second kappa shape index (κ2) is 6.96. The van der Waals surface area contributed by atoms with E-state index in [1.165, 1.54) is 55.2 Å². The predicted octanol–water partition coefficient (Wildman–Crippen LogP) is 5.94. The first kappa shape index (κ1) is 15.1. The van der Waals surface area contributed by atoms with Crippen molar-refractivity contribution in [1.29, 1.82) is 0 Å². The van der Waals surface area contributed by atoms with Crippen molar-refractivity contribution in [1.82, 2.24) is 0 Å². The average Bonchev–Trinajstić information content (AvgIpc) is 2.59. The quantitative estimate of drug-likeness (QED) is 0.638. The van der Waals surface area contributed by atoms with Crippen LogP contribution in [0.4, 0.5) is 0 Å². The van der Waals surface area contributed by atoms with Gasteiger partial charge in [0, 0.05) is 0 Å². The minimum Gasteiger partial charge on any atom is -0.0985 e. The highest BCUT2D eigenvalue weighted by Crippen LogP contribution is 2.33. The molecule has 0 nitrogen and oxygen atoms in total. The van der Waals surface area contributed by atoms with Gasteiger partial charge < -0.3 is 0 Å². The molecule has 0 fully saturated rings. The normalized spacial score (nSPS) is 17.0. The SMILES string of the molecule is C=Cc1ccc(C2CCc3cc(CCCC)ccc3C2)cc1. The molecule has 2 aromatic carbocycles. The summed E-state index contributed by atoms with van der Waals surface area (Å²) in [5.74, 6) is 0.674.